The Kier molecular flexibility index (Phi) is 2.69. The van der Waals surface area contributed by atoms with E-state index in [0.717, 1.165) is 0 Å². The molecule has 1 aromatic heterocycles. The van der Waals surface area contributed by atoms with Gasteiger partial charge in [0.15, 0.2) is 0 Å². The van der Waals surface area contributed by atoms with Gasteiger partial charge in [-0.2, -0.15) is 13.1 Å². The topological polar surface area (TPSA) is 98.2 Å². The van der Waals surface area contributed by atoms with Gasteiger partial charge in [-0.15, -0.1) is 0 Å². The Labute approximate surface area is 76.3 Å². The molecule has 0 saturated carbocycles. The average Bonchev–Trinajstić information content (AvgIpc) is 2.31. The summed E-state index contributed by atoms with van der Waals surface area (Å²) < 4.78 is 28.2. The number of nitrogens with one attached hydrogen (secondary N) is 1. The summed E-state index contributed by atoms with van der Waals surface area (Å²) in [5, 5.41) is 8.43. The minimum Gasteiger partial charge on any atom is -0.361 e. The molecule has 3 N–H and O–H groups in total. The van der Waals surface area contributed by atoms with Gasteiger partial charge in [-0.3, -0.25) is 0 Å². The average molecular weight is 205 g/mol. The quantitative estimate of drug-likeness (QED) is 0.716. The molecular formula is C6H11N3O3S. The van der Waals surface area contributed by atoms with Gasteiger partial charge in [-0.1, -0.05) is 5.16 Å². The summed E-state index contributed by atoms with van der Waals surface area (Å²) in [6, 6.07) is 1.16. The first kappa shape index (κ1) is 10.2. The van der Waals surface area contributed by atoms with Gasteiger partial charge in [-0.25, -0.2) is 5.14 Å². The highest BCUT2D eigenvalue weighted by molar-refractivity contribution is 7.87. The molecule has 0 aliphatic rings. The lowest BCUT2D eigenvalue weighted by molar-refractivity contribution is 0.385. The van der Waals surface area contributed by atoms with Crippen LogP contribution in [-0.2, 0) is 10.2 Å². The highest BCUT2D eigenvalue weighted by Crippen LogP contribution is 2.11. The maximum Gasteiger partial charge on any atom is 0.274 e. The summed E-state index contributed by atoms with van der Waals surface area (Å²) in [5.41, 5.74) is 0.506. The van der Waals surface area contributed by atoms with Crippen LogP contribution in [0, 0.1) is 6.92 Å². The van der Waals surface area contributed by atoms with Crippen molar-refractivity contribution in [1.82, 2.24) is 9.88 Å². The zero-order valence-corrected chi connectivity index (χ0v) is 8.13. The molecule has 1 heterocycles. The van der Waals surface area contributed by atoms with Crippen LogP contribution < -0.4 is 9.86 Å². The van der Waals surface area contributed by atoms with E-state index in [-0.39, 0.29) is 0 Å². The summed E-state index contributed by atoms with van der Waals surface area (Å²) in [6.07, 6.45) is 0. The Bertz CT molecular complexity index is 384. The van der Waals surface area contributed by atoms with Crippen molar-refractivity contribution in [3.8, 4) is 0 Å². The van der Waals surface area contributed by atoms with Crippen LogP contribution in [0.5, 0.6) is 0 Å². The van der Waals surface area contributed by atoms with Crippen molar-refractivity contribution in [2.45, 2.75) is 19.9 Å². The normalized spacial score (nSPS) is 14.4. The van der Waals surface area contributed by atoms with E-state index in [2.05, 4.69) is 9.88 Å². The van der Waals surface area contributed by atoms with Gasteiger partial charge >= 0.3 is 0 Å². The summed E-state index contributed by atoms with van der Waals surface area (Å²) in [5.74, 6) is 0.623. The largest absolute Gasteiger partial charge is 0.361 e. The lowest BCUT2D eigenvalue weighted by atomic mass is 10.2. The van der Waals surface area contributed by atoms with Gasteiger partial charge in [0.1, 0.15) is 11.5 Å². The third-order valence-corrected chi connectivity index (χ3v) is 2.11. The molecule has 0 bridgehead atoms. The highest BCUT2D eigenvalue weighted by atomic mass is 32.2. The standard InChI is InChI=1S/C6H11N3O3S/c1-4-3-6(8-12-4)5(2)9-13(7,10)11/h3,5,9H,1-2H3,(H2,7,10,11). The van der Waals surface area contributed by atoms with Gasteiger partial charge in [0.25, 0.3) is 10.2 Å². The second kappa shape index (κ2) is 3.44. The van der Waals surface area contributed by atoms with Gasteiger partial charge in [0.05, 0.1) is 6.04 Å². The smallest absolute Gasteiger partial charge is 0.274 e. The second-order valence-electron chi connectivity index (χ2n) is 2.75. The predicted molar refractivity (Wildman–Crippen MR) is 45.9 cm³/mol. The van der Waals surface area contributed by atoms with Crippen LogP contribution in [0.15, 0.2) is 10.6 Å². The van der Waals surface area contributed by atoms with Crippen LogP contribution in [0.3, 0.4) is 0 Å². The number of aryl methyl sites for hydroxylation is 1. The van der Waals surface area contributed by atoms with Crippen LogP contribution in [0.1, 0.15) is 24.4 Å². The summed E-state index contributed by atoms with van der Waals surface area (Å²) in [7, 11) is -3.69. The molecule has 0 aliphatic heterocycles. The van der Waals surface area contributed by atoms with E-state index in [4.69, 9.17) is 9.66 Å². The molecule has 1 unspecified atom stereocenters. The third-order valence-electron chi connectivity index (χ3n) is 1.43. The molecule has 74 valence electrons. The van der Waals surface area contributed by atoms with E-state index in [1.165, 1.54) is 0 Å². The third kappa shape index (κ3) is 3.13. The molecule has 7 heteroatoms. The molecule has 0 fully saturated rings. The Morgan fingerprint density at radius 2 is 2.31 bits per heavy atom. The Hall–Kier alpha value is -0.920. The number of nitrogens with zero attached hydrogens (tertiary/aromatic N) is 1. The SMILES string of the molecule is Cc1cc(C(C)NS(N)(=O)=O)no1. The van der Waals surface area contributed by atoms with E-state index in [1.54, 1.807) is 19.9 Å². The number of nitrogens with two attached hydrogens (primary N) is 1. The van der Waals surface area contributed by atoms with Crippen LogP contribution in [0.4, 0.5) is 0 Å². The predicted octanol–water partition coefficient (Wildman–Crippen LogP) is -0.163. The summed E-state index contributed by atoms with van der Waals surface area (Å²) in [6.45, 7) is 3.35. The fourth-order valence-electron chi connectivity index (χ4n) is 0.896. The van der Waals surface area contributed by atoms with E-state index in [1.807, 2.05) is 0 Å². The fraction of sp³-hybridized carbons (Fsp3) is 0.500. The zero-order chi connectivity index (χ0) is 10.1. The van der Waals surface area contributed by atoms with Crippen LogP contribution >= 0.6 is 0 Å². The maximum atomic E-state index is 10.6. The van der Waals surface area contributed by atoms with Gasteiger partial charge in [-0.05, 0) is 13.8 Å². The van der Waals surface area contributed by atoms with E-state index in [0.29, 0.717) is 11.5 Å². The van der Waals surface area contributed by atoms with Gasteiger partial charge in [0, 0.05) is 6.07 Å². The van der Waals surface area contributed by atoms with Crippen molar-refractivity contribution in [2.24, 2.45) is 5.14 Å². The van der Waals surface area contributed by atoms with E-state index >= 15 is 0 Å². The molecule has 0 aliphatic carbocycles. The minimum absolute atomic E-state index is 0.479. The molecular weight excluding hydrogens is 194 g/mol. The van der Waals surface area contributed by atoms with Crippen molar-refractivity contribution in [3.63, 3.8) is 0 Å². The molecule has 13 heavy (non-hydrogen) atoms. The Morgan fingerprint density at radius 3 is 2.69 bits per heavy atom. The molecule has 0 saturated heterocycles. The van der Waals surface area contributed by atoms with Gasteiger partial charge in [0.2, 0.25) is 0 Å². The first-order valence-electron chi connectivity index (χ1n) is 3.62. The van der Waals surface area contributed by atoms with Crippen molar-refractivity contribution in [1.29, 1.82) is 0 Å². The van der Waals surface area contributed by atoms with Crippen LogP contribution in [-0.4, -0.2) is 13.6 Å². The molecule has 0 amide bonds. The second-order valence-corrected chi connectivity index (χ2v) is 4.07. The van der Waals surface area contributed by atoms with Crippen LogP contribution in [0.2, 0.25) is 0 Å². The zero-order valence-electron chi connectivity index (χ0n) is 7.31. The van der Waals surface area contributed by atoms with Gasteiger partial charge < -0.3 is 4.52 Å². The number of rotatable bonds is 3. The molecule has 6 nitrogen and oxygen atoms in total. The maximum absolute atomic E-state index is 10.6. The summed E-state index contributed by atoms with van der Waals surface area (Å²) >= 11 is 0. The molecule has 0 aromatic carbocycles. The van der Waals surface area contributed by atoms with E-state index < -0.39 is 16.3 Å². The van der Waals surface area contributed by atoms with Crippen molar-refractivity contribution in [3.05, 3.63) is 17.5 Å². The first-order valence-corrected chi connectivity index (χ1v) is 5.16. The lowest BCUT2D eigenvalue weighted by Crippen LogP contribution is -2.33. The van der Waals surface area contributed by atoms with Crippen molar-refractivity contribution >= 4 is 10.2 Å². The molecule has 0 spiro atoms. The molecule has 1 rings (SSSR count). The monoisotopic (exact) mass is 205 g/mol. The van der Waals surface area contributed by atoms with Crippen LogP contribution in [0.25, 0.3) is 0 Å². The van der Waals surface area contributed by atoms with Crippen molar-refractivity contribution < 1.29 is 12.9 Å². The number of aromatic nitrogens is 1. The Morgan fingerprint density at radius 1 is 1.69 bits per heavy atom. The highest BCUT2D eigenvalue weighted by Gasteiger charge is 2.14. The number of hydrogen-bond donors (Lipinski definition) is 2. The minimum atomic E-state index is -3.69. The molecule has 1 atom stereocenters. The molecule has 0 radical (unpaired) electrons. The van der Waals surface area contributed by atoms with E-state index in [9.17, 15) is 8.42 Å². The summed E-state index contributed by atoms with van der Waals surface area (Å²) in [4.78, 5) is 0. The molecule has 1 aromatic rings. The number of hydrogen-bond acceptors (Lipinski definition) is 4. The van der Waals surface area contributed by atoms with Crippen molar-refractivity contribution in [2.75, 3.05) is 0 Å². The Balaban J connectivity index is 2.75. The fourth-order valence-corrected chi connectivity index (χ4v) is 1.51. The lowest BCUT2D eigenvalue weighted by Gasteiger charge is -2.06. The first-order chi connectivity index (χ1) is 5.88.